The second kappa shape index (κ2) is 6.86. The van der Waals surface area contributed by atoms with E-state index in [0.29, 0.717) is 17.1 Å². The van der Waals surface area contributed by atoms with Gasteiger partial charge in [-0.05, 0) is 25.1 Å². The van der Waals surface area contributed by atoms with E-state index in [2.05, 4.69) is 15.6 Å². The second-order valence-corrected chi connectivity index (χ2v) is 4.69. The largest absolute Gasteiger partial charge is 0.365 e. The van der Waals surface area contributed by atoms with E-state index in [4.69, 9.17) is 11.6 Å². The average molecular weight is 321 g/mol. The first-order chi connectivity index (χ1) is 10.5. The number of pyridine rings is 1. The summed E-state index contributed by atoms with van der Waals surface area (Å²) in [5, 5.41) is 16.6. The first-order valence-corrected chi connectivity index (χ1v) is 6.86. The van der Waals surface area contributed by atoms with Crippen LogP contribution in [0.4, 0.5) is 17.3 Å². The summed E-state index contributed by atoms with van der Waals surface area (Å²) in [6.45, 7) is 2.26. The molecule has 0 saturated carbocycles. The van der Waals surface area contributed by atoms with Crippen molar-refractivity contribution in [2.24, 2.45) is 0 Å². The Labute approximate surface area is 131 Å². The van der Waals surface area contributed by atoms with Gasteiger partial charge in [0.2, 0.25) is 5.82 Å². The van der Waals surface area contributed by atoms with Crippen LogP contribution in [0.1, 0.15) is 17.3 Å². The van der Waals surface area contributed by atoms with E-state index in [1.54, 1.807) is 31.2 Å². The third-order valence-electron chi connectivity index (χ3n) is 2.77. The van der Waals surface area contributed by atoms with Crippen molar-refractivity contribution >= 4 is 34.8 Å². The summed E-state index contributed by atoms with van der Waals surface area (Å²) in [6, 6.07) is 9.24. The van der Waals surface area contributed by atoms with Gasteiger partial charge < -0.3 is 10.6 Å². The van der Waals surface area contributed by atoms with Crippen LogP contribution in [-0.4, -0.2) is 22.4 Å². The molecular formula is C14H13ClN4O3. The molecule has 0 aliphatic carbocycles. The number of benzene rings is 1. The van der Waals surface area contributed by atoms with Gasteiger partial charge in [-0.15, -0.1) is 0 Å². The van der Waals surface area contributed by atoms with Crippen LogP contribution in [0.15, 0.2) is 36.4 Å². The van der Waals surface area contributed by atoms with Crippen molar-refractivity contribution in [2.45, 2.75) is 6.92 Å². The van der Waals surface area contributed by atoms with Crippen LogP contribution in [0.25, 0.3) is 0 Å². The second-order valence-electron chi connectivity index (χ2n) is 4.29. The highest BCUT2D eigenvalue weighted by Crippen LogP contribution is 2.24. The molecule has 1 heterocycles. The van der Waals surface area contributed by atoms with E-state index in [1.165, 1.54) is 12.1 Å². The van der Waals surface area contributed by atoms with Gasteiger partial charge in [0.1, 0.15) is 5.82 Å². The highest BCUT2D eigenvalue weighted by atomic mass is 35.5. The molecule has 1 aromatic heterocycles. The maximum absolute atomic E-state index is 12.1. The maximum atomic E-state index is 12.1. The molecule has 0 radical (unpaired) electrons. The Hall–Kier alpha value is -2.67. The average Bonchev–Trinajstić information content (AvgIpc) is 2.48. The van der Waals surface area contributed by atoms with E-state index in [0.717, 1.165) is 0 Å². The summed E-state index contributed by atoms with van der Waals surface area (Å²) < 4.78 is 0. The van der Waals surface area contributed by atoms with E-state index in [1.807, 2.05) is 0 Å². The Kier molecular flexibility index (Phi) is 4.90. The normalized spacial score (nSPS) is 10.1. The zero-order chi connectivity index (χ0) is 16.1. The third kappa shape index (κ3) is 3.50. The molecule has 0 aliphatic rings. The van der Waals surface area contributed by atoms with Gasteiger partial charge in [0.25, 0.3) is 5.91 Å². The van der Waals surface area contributed by atoms with E-state index in [-0.39, 0.29) is 17.3 Å². The van der Waals surface area contributed by atoms with Crippen LogP contribution < -0.4 is 10.6 Å². The number of amides is 1. The van der Waals surface area contributed by atoms with E-state index >= 15 is 0 Å². The molecule has 2 N–H and O–H groups in total. The van der Waals surface area contributed by atoms with Crippen LogP contribution in [-0.2, 0) is 0 Å². The lowest BCUT2D eigenvalue weighted by Gasteiger charge is -2.08. The Morgan fingerprint density at radius 1 is 1.32 bits per heavy atom. The van der Waals surface area contributed by atoms with Crippen LogP contribution in [0.3, 0.4) is 0 Å². The molecule has 8 heteroatoms. The minimum absolute atomic E-state index is 0.101. The molecule has 0 spiro atoms. The van der Waals surface area contributed by atoms with Gasteiger partial charge in [0, 0.05) is 12.6 Å². The summed E-state index contributed by atoms with van der Waals surface area (Å²) in [7, 11) is 0. The Morgan fingerprint density at radius 3 is 2.68 bits per heavy atom. The maximum Gasteiger partial charge on any atom is 0.311 e. The molecule has 114 valence electrons. The molecule has 1 aromatic carbocycles. The van der Waals surface area contributed by atoms with Crippen LogP contribution >= 0.6 is 11.6 Å². The SMILES string of the molecule is CCNc1nc(NC(=O)c2ccccc2Cl)ccc1[N+](=O)[O-]. The fourth-order valence-electron chi connectivity index (χ4n) is 1.80. The lowest BCUT2D eigenvalue weighted by atomic mass is 10.2. The van der Waals surface area contributed by atoms with Crippen molar-refractivity contribution < 1.29 is 9.72 Å². The molecular weight excluding hydrogens is 308 g/mol. The molecule has 0 aliphatic heterocycles. The minimum Gasteiger partial charge on any atom is -0.365 e. The molecule has 0 unspecified atom stereocenters. The highest BCUT2D eigenvalue weighted by molar-refractivity contribution is 6.34. The Bertz CT molecular complexity index is 721. The summed E-state index contributed by atoms with van der Waals surface area (Å²) in [6.07, 6.45) is 0. The number of carbonyl (C=O) groups excluding carboxylic acids is 1. The van der Waals surface area contributed by atoms with Gasteiger partial charge in [0.15, 0.2) is 0 Å². The first kappa shape index (κ1) is 15.7. The summed E-state index contributed by atoms with van der Waals surface area (Å²) >= 11 is 5.95. The van der Waals surface area contributed by atoms with Gasteiger partial charge in [-0.25, -0.2) is 4.98 Å². The number of hydrogen-bond acceptors (Lipinski definition) is 5. The van der Waals surface area contributed by atoms with Crippen molar-refractivity contribution in [1.82, 2.24) is 4.98 Å². The molecule has 0 saturated heterocycles. The van der Waals surface area contributed by atoms with Crippen molar-refractivity contribution in [3.63, 3.8) is 0 Å². The number of halogens is 1. The Balaban J connectivity index is 2.26. The fraction of sp³-hybridized carbons (Fsp3) is 0.143. The summed E-state index contributed by atoms with van der Waals surface area (Å²) in [5.74, 6) is -0.134. The van der Waals surface area contributed by atoms with Crippen LogP contribution in [0.5, 0.6) is 0 Å². The predicted octanol–water partition coefficient (Wildman–Crippen LogP) is 3.33. The van der Waals surface area contributed by atoms with Gasteiger partial charge >= 0.3 is 5.69 Å². The smallest absolute Gasteiger partial charge is 0.311 e. The molecule has 7 nitrogen and oxygen atoms in total. The van der Waals surface area contributed by atoms with Crippen LogP contribution in [0.2, 0.25) is 5.02 Å². The van der Waals surface area contributed by atoms with E-state index < -0.39 is 10.8 Å². The predicted molar refractivity (Wildman–Crippen MR) is 84.5 cm³/mol. The minimum atomic E-state index is -0.537. The lowest BCUT2D eigenvalue weighted by Crippen LogP contribution is -2.14. The quantitative estimate of drug-likeness (QED) is 0.650. The van der Waals surface area contributed by atoms with Crippen molar-refractivity contribution in [2.75, 3.05) is 17.2 Å². The number of anilines is 2. The molecule has 0 atom stereocenters. The molecule has 0 fully saturated rings. The van der Waals surface area contributed by atoms with Gasteiger partial charge in [0.05, 0.1) is 15.5 Å². The fourth-order valence-corrected chi connectivity index (χ4v) is 2.02. The van der Waals surface area contributed by atoms with Gasteiger partial charge in [-0.3, -0.25) is 14.9 Å². The first-order valence-electron chi connectivity index (χ1n) is 6.48. The summed E-state index contributed by atoms with van der Waals surface area (Å²) in [4.78, 5) is 26.6. The number of hydrogen-bond donors (Lipinski definition) is 2. The summed E-state index contributed by atoms with van der Waals surface area (Å²) in [5.41, 5.74) is 0.145. The number of carbonyl (C=O) groups is 1. The van der Waals surface area contributed by atoms with Crippen molar-refractivity contribution in [1.29, 1.82) is 0 Å². The molecule has 2 rings (SSSR count). The monoisotopic (exact) mass is 320 g/mol. The lowest BCUT2D eigenvalue weighted by molar-refractivity contribution is -0.384. The molecule has 22 heavy (non-hydrogen) atoms. The zero-order valence-corrected chi connectivity index (χ0v) is 12.4. The number of aromatic nitrogens is 1. The molecule has 2 aromatic rings. The number of nitro groups is 1. The number of nitrogens with zero attached hydrogens (tertiary/aromatic N) is 2. The van der Waals surface area contributed by atoms with Crippen LogP contribution in [0, 0.1) is 10.1 Å². The third-order valence-corrected chi connectivity index (χ3v) is 3.10. The van der Waals surface area contributed by atoms with Crippen molar-refractivity contribution in [3.8, 4) is 0 Å². The number of rotatable bonds is 5. The van der Waals surface area contributed by atoms with E-state index in [9.17, 15) is 14.9 Å². The topological polar surface area (TPSA) is 97.2 Å². The zero-order valence-electron chi connectivity index (χ0n) is 11.7. The Morgan fingerprint density at radius 2 is 2.05 bits per heavy atom. The standard InChI is InChI=1S/C14H13ClN4O3/c1-2-16-13-11(19(21)22)7-8-12(17-13)18-14(20)9-5-3-4-6-10(9)15/h3-8H,2H2,1H3,(H2,16,17,18,20). The van der Waals surface area contributed by atoms with Gasteiger partial charge in [-0.1, -0.05) is 23.7 Å². The number of nitrogens with one attached hydrogen (secondary N) is 2. The van der Waals surface area contributed by atoms with Crippen molar-refractivity contribution in [3.05, 3.63) is 57.1 Å². The molecule has 0 bridgehead atoms. The highest BCUT2D eigenvalue weighted by Gasteiger charge is 2.17. The molecule has 1 amide bonds. The van der Waals surface area contributed by atoms with Gasteiger partial charge in [-0.2, -0.15) is 0 Å².